The van der Waals surface area contributed by atoms with Crippen molar-refractivity contribution in [2.45, 2.75) is 39.4 Å². The van der Waals surface area contributed by atoms with Gasteiger partial charge in [0.2, 0.25) is 0 Å². The Morgan fingerprint density at radius 3 is 2.33 bits per heavy atom. The monoisotopic (exact) mass is 314 g/mol. The molecular formula is C14H19BrO3. The zero-order valence-corrected chi connectivity index (χ0v) is 12.8. The number of hydrogen-bond acceptors (Lipinski definition) is 3. The van der Waals surface area contributed by atoms with E-state index in [2.05, 4.69) is 15.9 Å². The average molecular weight is 315 g/mol. The zero-order chi connectivity index (χ0) is 13.8. The molecule has 0 radical (unpaired) electrons. The minimum atomic E-state index is -0.471. The van der Waals surface area contributed by atoms with Gasteiger partial charge in [0.05, 0.1) is 6.10 Å². The van der Waals surface area contributed by atoms with Gasteiger partial charge in [-0.15, -0.1) is 0 Å². The Kier molecular flexibility index (Phi) is 5.35. The molecule has 0 amide bonds. The van der Waals surface area contributed by atoms with Crippen LogP contribution in [0.4, 0.5) is 0 Å². The maximum atomic E-state index is 11.5. The number of esters is 1. The Morgan fingerprint density at radius 2 is 1.83 bits per heavy atom. The topological polar surface area (TPSA) is 35.5 Å². The van der Waals surface area contributed by atoms with E-state index in [1.165, 1.54) is 0 Å². The first kappa shape index (κ1) is 15.2. The van der Waals surface area contributed by atoms with Gasteiger partial charge in [0.25, 0.3) is 0 Å². The summed E-state index contributed by atoms with van der Waals surface area (Å²) in [6.45, 7) is 7.39. The minimum Gasteiger partial charge on any atom is -0.458 e. The molecule has 0 saturated carbocycles. The summed E-state index contributed by atoms with van der Waals surface area (Å²) in [6.07, 6.45) is -0.134. The summed E-state index contributed by atoms with van der Waals surface area (Å²) in [5.74, 6) is -0.341. The molecule has 0 aliphatic rings. The molecule has 1 unspecified atom stereocenters. The van der Waals surface area contributed by atoms with E-state index in [1.807, 2.05) is 52.0 Å². The van der Waals surface area contributed by atoms with Crippen molar-refractivity contribution in [1.82, 2.24) is 0 Å². The second-order valence-corrected chi connectivity index (χ2v) is 6.01. The van der Waals surface area contributed by atoms with Gasteiger partial charge in [-0.25, -0.2) is 4.79 Å². The molecule has 0 aromatic heterocycles. The number of benzene rings is 1. The van der Waals surface area contributed by atoms with E-state index in [0.717, 1.165) is 10.0 Å². The van der Waals surface area contributed by atoms with Crippen LogP contribution in [0.25, 0.3) is 0 Å². The Labute approximate surface area is 117 Å². The second kappa shape index (κ2) is 6.34. The van der Waals surface area contributed by atoms with E-state index >= 15 is 0 Å². The van der Waals surface area contributed by atoms with Gasteiger partial charge < -0.3 is 9.47 Å². The SMILES string of the molecule is CC(OCC(=O)OC(C)(C)C)c1ccc(Br)cc1. The van der Waals surface area contributed by atoms with Gasteiger partial charge in [0.1, 0.15) is 12.2 Å². The van der Waals surface area contributed by atoms with Crippen LogP contribution in [0.3, 0.4) is 0 Å². The van der Waals surface area contributed by atoms with E-state index in [9.17, 15) is 4.79 Å². The first-order valence-electron chi connectivity index (χ1n) is 5.87. The third-order valence-corrected chi connectivity index (χ3v) is 2.74. The lowest BCUT2D eigenvalue weighted by Gasteiger charge is -2.20. The molecule has 4 heteroatoms. The lowest BCUT2D eigenvalue weighted by atomic mass is 10.1. The van der Waals surface area contributed by atoms with Crippen molar-refractivity contribution < 1.29 is 14.3 Å². The molecule has 0 aliphatic heterocycles. The summed E-state index contributed by atoms with van der Waals surface area (Å²) in [4.78, 5) is 11.5. The highest BCUT2D eigenvalue weighted by molar-refractivity contribution is 9.10. The van der Waals surface area contributed by atoms with E-state index in [-0.39, 0.29) is 18.7 Å². The molecule has 1 rings (SSSR count). The van der Waals surface area contributed by atoms with Crippen molar-refractivity contribution in [2.24, 2.45) is 0 Å². The molecule has 0 bridgehead atoms. The minimum absolute atomic E-state index is 0.0332. The average Bonchev–Trinajstić information content (AvgIpc) is 2.24. The molecule has 0 saturated heterocycles. The van der Waals surface area contributed by atoms with E-state index in [1.54, 1.807) is 0 Å². The van der Waals surface area contributed by atoms with Crippen molar-refractivity contribution in [2.75, 3.05) is 6.61 Å². The van der Waals surface area contributed by atoms with Crippen molar-refractivity contribution in [3.63, 3.8) is 0 Å². The van der Waals surface area contributed by atoms with Gasteiger partial charge in [-0.3, -0.25) is 0 Å². The molecule has 0 aliphatic carbocycles. The number of carbonyl (C=O) groups excluding carboxylic acids is 1. The van der Waals surface area contributed by atoms with Crippen molar-refractivity contribution in [3.05, 3.63) is 34.3 Å². The summed E-state index contributed by atoms with van der Waals surface area (Å²) < 4.78 is 11.7. The molecule has 0 heterocycles. The summed E-state index contributed by atoms with van der Waals surface area (Å²) in [6, 6.07) is 7.82. The third-order valence-electron chi connectivity index (χ3n) is 2.21. The van der Waals surface area contributed by atoms with E-state index in [0.29, 0.717) is 0 Å². The number of halogens is 1. The lowest BCUT2D eigenvalue weighted by molar-refractivity contribution is -0.162. The fourth-order valence-electron chi connectivity index (χ4n) is 1.39. The van der Waals surface area contributed by atoms with E-state index < -0.39 is 5.60 Å². The molecule has 1 aromatic carbocycles. The van der Waals surface area contributed by atoms with Crippen molar-refractivity contribution in [3.8, 4) is 0 Å². The summed E-state index contributed by atoms with van der Waals surface area (Å²) in [5.41, 5.74) is 0.558. The predicted molar refractivity (Wildman–Crippen MR) is 74.4 cm³/mol. The quantitative estimate of drug-likeness (QED) is 0.791. The first-order chi connectivity index (χ1) is 8.28. The van der Waals surface area contributed by atoms with Crippen LogP contribution in [0.5, 0.6) is 0 Å². The molecule has 0 N–H and O–H groups in total. The highest BCUT2D eigenvalue weighted by atomic mass is 79.9. The number of rotatable bonds is 4. The van der Waals surface area contributed by atoms with Crippen LogP contribution >= 0.6 is 15.9 Å². The summed E-state index contributed by atoms with van der Waals surface area (Å²) in [7, 11) is 0. The van der Waals surface area contributed by atoms with Gasteiger partial charge >= 0.3 is 5.97 Å². The highest BCUT2D eigenvalue weighted by Gasteiger charge is 2.17. The molecule has 1 aromatic rings. The third kappa shape index (κ3) is 5.65. The normalized spacial score (nSPS) is 13.2. The molecule has 3 nitrogen and oxygen atoms in total. The molecule has 18 heavy (non-hydrogen) atoms. The van der Waals surface area contributed by atoms with Crippen LogP contribution < -0.4 is 0 Å². The fraction of sp³-hybridized carbons (Fsp3) is 0.500. The van der Waals surface area contributed by atoms with Crippen LogP contribution in [-0.2, 0) is 14.3 Å². The van der Waals surface area contributed by atoms with Gasteiger partial charge in [-0.05, 0) is 45.4 Å². The fourth-order valence-corrected chi connectivity index (χ4v) is 1.66. The molecular weight excluding hydrogens is 296 g/mol. The van der Waals surface area contributed by atoms with E-state index in [4.69, 9.17) is 9.47 Å². The summed E-state index contributed by atoms with van der Waals surface area (Å²) >= 11 is 3.37. The smallest absolute Gasteiger partial charge is 0.332 e. The Balaban J connectivity index is 2.44. The standard InChI is InChI=1S/C14H19BrO3/c1-10(11-5-7-12(15)8-6-11)17-9-13(16)18-14(2,3)4/h5-8,10H,9H2,1-4H3. The Bertz CT molecular complexity index is 392. The number of ether oxygens (including phenoxy) is 2. The Hall–Kier alpha value is -0.870. The first-order valence-corrected chi connectivity index (χ1v) is 6.66. The van der Waals surface area contributed by atoms with Crippen LogP contribution in [0, 0.1) is 0 Å². The maximum absolute atomic E-state index is 11.5. The molecule has 100 valence electrons. The molecule has 1 atom stereocenters. The van der Waals surface area contributed by atoms with Crippen molar-refractivity contribution in [1.29, 1.82) is 0 Å². The molecule has 0 fully saturated rings. The lowest BCUT2D eigenvalue weighted by Crippen LogP contribution is -2.26. The van der Waals surface area contributed by atoms with Crippen LogP contribution in [0.15, 0.2) is 28.7 Å². The van der Waals surface area contributed by atoms with Gasteiger partial charge in [-0.1, -0.05) is 28.1 Å². The maximum Gasteiger partial charge on any atom is 0.332 e. The van der Waals surface area contributed by atoms with Crippen molar-refractivity contribution >= 4 is 21.9 Å². The van der Waals surface area contributed by atoms with Gasteiger partial charge in [-0.2, -0.15) is 0 Å². The second-order valence-electron chi connectivity index (χ2n) is 5.09. The van der Waals surface area contributed by atoms with Gasteiger partial charge in [0, 0.05) is 4.47 Å². The van der Waals surface area contributed by atoms with Crippen LogP contribution in [0.2, 0.25) is 0 Å². The summed E-state index contributed by atoms with van der Waals surface area (Å²) in [5, 5.41) is 0. The predicted octanol–water partition coefficient (Wildman–Crippen LogP) is 3.87. The number of hydrogen-bond donors (Lipinski definition) is 0. The molecule has 0 spiro atoms. The zero-order valence-electron chi connectivity index (χ0n) is 11.2. The van der Waals surface area contributed by atoms with Crippen LogP contribution in [0.1, 0.15) is 39.4 Å². The largest absolute Gasteiger partial charge is 0.458 e. The Morgan fingerprint density at radius 1 is 1.28 bits per heavy atom. The number of carbonyl (C=O) groups is 1. The highest BCUT2D eigenvalue weighted by Crippen LogP contribution is 2.19. The van der Waals surface area contributed by atoms with Crippen LogP contribution in [-0.4, -0.2) is 18.2 Å². The van der Waals surface area contributed by atoms with Gasteiger partial charge in [0.15, 0.2) is 0 Å².